The number of nitrogens with zero attached hydrogens (tertiary/aromatic N) is 1. The molecule has 1 N–H and O–H groups in total. The Balaban J connectivity index is 1.54. The molecule has 0 saturated heterocycles. The molecule has 5 heteroatoms. The van der Waals surface area contributed by atoms with Crippen molar-refractivity contribution in [2.45, 2.75) is 50.6 Å². The molecular weight excluding hydrogens is 268 g/mol. The molecule has 0 bridgehead atoms. The topological polar surface area (TPSA) is 60.3 Å². The largest absolute Gasteiger partial charge is 0.469 e. The summed E-state index contributed by atoms with van der Waals surface area (Å²) in [5, 5.41) is 3.11. The zero-order chi connectivity index (χ0) is 14.8. The minimum Gasteiger partial charge on any atom is -0.469 e. The maximum atomic E-state index is 12.4. The molecule has 114 valence electrons. The molecule has 5 nitrogen and oxygen atoms in total. The van der Waals surface area contributed by atoms with Crippen LogP contribution in [0.2, 0.25) is 0 Å². The molecule has 2 aliphatic rings. The number of nitrogens with one attached hydrogen (secondary N) is 1. The van der Waals surface area contributed by atoms with Gasteiger partial charge in [-0.1, -0.05) is 0 Å². The van der Waals surface area contributed by atoms with Crippen molar-refractivity contribution >= 4 is 11.9 Å². The predicted molar refractivity (Wildman–Crippen MR) is 77.9 cm³/mol. The normalized spacial score (nSPS) is 25.4. The molecule has 0 unspecified atom stereocenters. The summed E-state index contributed by atoms with van der Waals surface area (Å²) in [7, 11) is 1.43. The highest BCUT2D eigenvalue weighted by Gasteiger charge is 2.30. The maximum Gasteiger partial charge on any atom is 0.308 e. The lowest BCUT2D eigenvalue weighted by molar-refractivity contribution is -0.146. The monoisotopic (exact) mass is 290 g/mol. The van der Waals surface area contributed by atoms with E-state index in [1.807, 2.05) is 18.3 Å². The fraction of sp³-hybridized carbons (Fsp3) is 0.625. The van der Waals surface area contributed by atoms with Crippen LogP contribution in [0.15, 0.2) is 18.3 Å². The Labute approximate surface area is 124 Å². The predicted octanol–water partition coefficient (Wildman–Crippen LogP) is 2.28. The molecule has 1 amide bonds. The average molecular weight is 290 g/mol. The summed E-state index contributed by atoms with van der Waals surface area (Å²) in [6.07, 6.45) is 7.59. The lowest BCUT2D eigenvalue weighted by atomic mass is 9.86. The first-order chi connectivity index (χ1) is 10.2. The minimum atomic E-state index is -0.123. The molecule has 1 aromatic heterocycles. The Morgan fingerprint density at radius 1 is 1.19 bits per heavy atom. The summed E-state index contributed by atoms with van der Waals surface area (Å²) >= 11 is 0. The lowest BCUT2D eigenvalue weighted by Gasteiger charge is -2.27. The Bertz CT molecular complexity index is 525. The van der Waals surface area contributed by atoms with Crippen molar-refractivity contribution in [3.8, 4) is 0 Å². The van der Waals surface area contributed by atoms with Crippen LogP contribution in [-0.4, -0.2) is 29.6 Å². The summed E-state index contributed by atoms with van der Waals surface area (Å²) in [4.78, 5) is 23.9. The molecule has 0 radical (unpaired) electrons. The number of esters is 1. The van der Waals surface area contributed by atoms with Crippen LogP contribution in [0.1, 0.15) is 55.1 Å². The van der Waals surface area contributed by atoms with Crippen LogP contribution in [0, 0.1) is 5.92 Å². The fourth-order valence-electron chi connectivity index (χ4n) is 3.16. The molecule has 3 rings (SSSR count). The first kappa shape index (κ1) is 14.2. The summed E-state index contributed by atoms with van der Waals surface area (Å²) in [5.41, 5.74) is 0.757. The molecule has 0 spiro atoms. The number of aromatic nitrogens is 1. The van der Waals surface area contributed by atoms with Crippen molar-refractivity contribution < 1.29 is 14.3 Å². The van der Waals surface area contributed by atoms with Gasteiger partial charge in [-0.05, 0) is 50.7 Å². The van der Waals surface area contributed by atoms with E-state index in [4.69, 9.17) is 4.74 Å². The zero-order valence-corrected chi connectivity index (χ0v) is 12.4. The number of methoxy groups -OCH3 is 1. The van der Waals surface area contributed by atoms with Crippen LogP contribution in [0.25, 0.3) is 0 Å². The first-order valence-electron chi connectivity index (χ1n) is 7.74. The third-order valence-corrected chi connectivity index (χ3v) is 4.55. The van der Waals surface area contributed by atoms with E-state index in [0.717, 1.165) is 31.4 Å². The molecule has 1 heterocycles. The fourth-order valence-corrected chi connectivity index (χ4v) is 3.16. The highest BCUT2D eigenvalue weighted by molar-refractivity contribution is 5.93. The van der Waals surface area contributed by atoms with Gasteiger partial charge in [0.2, 0.25) is 0 Å². The van der Waals surface area contributed by atoms with Crippen LogP contribution >= 0.6 is 0 Å². The van der Waals surface area contributed by atoms with Crippen molar-refractivity contribution in [2.75, 3.05) is 7.11 Å². The van der Waals surface area contributed by atoms with E-state index in [1.54, 1.807) is 0 Å². The van der Waals surface area contributed by atoms with E-state index in [-0.39, 0.29) is 23.8 Å². The van der Waals surface area contributed by atoms with E-state index in [9.17, 15) is 9.59 Å². The smallest absolute Gasteiger partial charge is 0.308 e. The van der Waals surface area contributed by atoms with Gasteiger partial charge in [0.05, 0.1) is 13.0 Å². The number of carbonyl (C=O) groups excluding carboxylic acids is 2. The average Bonchev–Trinajstić information content (AvgIpc) is 3.24. The quantitative estimate of drug-likeness (QED) is 0.865. The molecular formula is C16H22N2O3. The number of hydrogen-bond donors (Lipinski definition) is 1. The standard InChI is InChI=1S/C16H22N2O3/c1-21-16(20)11-4-6-12(7-5-11)17-15(19)14-3-2-10-18(14)13-8-9-13/h2-3,10-13H,4-9H2,1H3,(H,17,19). The van der Waals surface area contributed by atoms with Gasteiger partial charge < -0.3 is 14.6 Å². The van der Waals surface area contributed by atoms with E-state index in [2.05, 4.69) is 9.88 Å². The third-order valence-electron chi connectivity index (χ3n) is 4.55. The Hall–Kier alpha value is -1.78. The highest BCUT2D eigenvalue weighted by Crippen LogP contribution is 2.36. The summed E-state index contributed by atoms with van der Waals surface area (Å²) in [5.74, 6) is -0.116. The van der Waals surface area contributed by atoms with E-state index in [0.29, 0.717) is 6.04 Å². The molecule has 21 heavy (non-hydrogen) atoms. The molecule has 0 aliphatic heterocycles. The second-order valence-corrected chi connectivity index (χ2v) is 6.08. The van der Waals surface area contributed by atoms with Gasteiger partial charge in [-0.25, -0.2) is 0 Å². The van der Waals surface area contributed by atoms with Crippen LogP contribution in [0.4, 0.5) is 0 Å². The zero-order valence-electron chi connectivity index (χ0n) is 12.4. The number of amides is 1. The van der Waals surface area contributed by atoms with Gasteiger partial charge in [0, 0.05) is 18.3 Å². The number of rotatable bonds is 4. The second-order valence-electron chi connectivity index (χ2n) is 6.08. The Morgan fingerprint density at radius 3 is 2.52 bits per heavy atom. The Kier molecular flexibility index (Phi) is 3.99. The first-order valence-corrected chi connectivity index (χ1v) is 7.74. The van der Waals surface area contributed by atoms with E-state index in [1.165, 1.54) is 20.0 Å². The van der Waals surface area contributed by atoms with Gasteiger partial charge in [-0.15, -0.1) is 0 Å². The summed E-state index contributed by atoms with van der Waals surface area (Å²) in [6.45, 7) is 0. The van der Waals surface area contributed by atoms with Crippen LogP contribution in [-0.2, 0) is 9.53 Å². The van der Waals surface area contributed by atoms with Gasteiger partial charge in [-0.3, -0.25) is 9.59 Å². The molecule has 2 fully saturated rings. The Morgan fingerprint density at radius 2 is 1.90 bits per heavy atom. The molecule has 1 aromatic rings. The number of hydrogen-bond acceptors (Lipinski definition) is 3. The van der Waals surface area contributed by atoms with E-state index < -0.39 is 0 Å². The van der Waals surface area contributed by atoms with Crippen molar-refractivity contribution in [2.24, 2.45) is 5.92 Å². The van der Waals surface area contributed by atoms with Crippen LogP contribution < -0.4 is 5.32 Å². The van der Waals surface area contributed by atoms with Gasteiger partial charge in [0.15, 0.2) is 0 Å². The van der Waals surface area contributed by atoms with Crippen molar-refractivity contribution in [3.05, 3.63) is 24.0 Å². The molecule has 0 aromatic carbocycles. The molecule has 0 atom stereocenters. The lowest BCUT2D eigenvalue weighted by Crippen LogP contribution is -2.39. The van der Waals surface area contributed by atoms with Crippen LogP contribution in [0.5, 0.6) is 0 Å². The van der Waals surface area contributed by atoms with Crippen molar-refractivity contribution in [3.63, 3.8) is 0 Å². The number of ether oxygens (including phenoxy) is 1. The maximum absolute atomic E-state index is 12.4. The summed E-state index contributed by atoms with van der Waals surface area (Å²) in [6, 6.07) is 4.49. The second kappa shape index (κ2) is 5.92. The van der Waals surface area contributed by atoms with Crippen LogP contribution in [0.3, 0.4) is 0 Å². The molecule has 2 aliphatic carbocycles. The van der Waals surface area contributed by atoms with Gasteiger partial charge >= 0.3 is 5.97 Å². The third kappa shape index (κ3) is 3.12. The van der Waals surface area contributed by atoms with Gasteiger partial charge in [0.25, 0.3) is 5.91 Å². The van der Waals surface area contributed by atoms with Crippen molar-refractivity contribution in [1.29, 1.82) is 0 Å². The van der Waals surface area contributed by atoms with Gasteiger partial charge in [0.1, 0.15) is 5.69 Å². The summed E-state index contributed by atoms with van der Waals surface area (Å²) < 4.78 is 6.86. The van der Waals surface area contributed by atoms with Crippen molar-refractivity contribution in [1.82, 2.24) is 9.88 Å². The molecule has 2 saturated carbocycles. The van der Waals surface area contributed by atoms with E-state index >= 15 is 0 Å². The minimum absolute atomic E-state index is 0.00141. The van der Waals surface area contributed by atoms with Gasteiger partial charge in [-0.2, -0.15) is 0 Å². The number of carbonyl (C=O) groups is 2. The SMILES string of the molecule is COC(=O)C1CCC(NC(=O)c2cccn2C2CC2)CC1. The highest BCUT2D eigenvalue weighted by atomic mass is 16.5.